The summed E-state index contributed by atoms with van der Waals surface area (Å²) in [7, 11) is 1.61. The molecular formula is C20H19FN2O3. The van der Waals surface area contributed by atoms with Gasteiger partial charge in [-0.1, -0.05) is 12.1 Å². The first kappa shape index (κ1) is 17.7. The number of nitrogens with zero attached hydrogens (tertiary/aromatic N) is 1. The van der Waals surface area contributed by atoms with Gasteiger partial charge < -0.3 is 10.1 Å². The van der Waals surface area contributed by atoms with E-state index in [2.05, 4.69) is 5.32 Å². The van der Waals surface area contributed by atoms with Gasteiger partial charge in [-0.05, 0) is 42.3 Å². The van der Waals surface area contributed by atoms with Gasteiger partial charge in [-0.15, -0.1) is 0 Å². The predicted octanol–water partition coefficient (Wildman–Crippen LogP) is 3.42. The standard InChI is InChI=1S/C20H19FN2O3/c1-13(24)23-12-18(17-7-6-15(21)11-19(17)23)20(25)22-9-8-14-4-3-5-16(10-14)26-2/h3-7,10-12H,8-9H2,1-2H3,(H,22,25). The Morgan fingerprint density at radius 2 is 2.00 bits per heavy atom. The maximum Gasteiger partial charge on any atom is 0.253 e. The molecule has 2 aromatic carbocycles. The molecule has 0 aliphatic carbocycles. The van der Waals surface area contributed by atoms with Crippen molar-refractivity contribution in [1.82, 2.24) is 9.88 Å². The number of methoxy groups -OCH3 is 1. The number of benzene rings is 2. The summed E-state index contributed by atoms with van der Waals surface area (Å²) in [6.45, 7) is 1.80. The molecule has 134 valence electrons. The van der Waals surface area contributed by atoms with Gasteiger partial charge in [-0.25, -0.2) is 4.39 Å². The lowest BCUT2D eigenvalue weighted by Gasteiger charge is -2.06. The first-order chi connectivity index (χ1) is 12.5. The van der Waals surface area contributed by atoms with Gasteiger partial charge >= 0.3 is 0 Å². The number of rotatable bonds is 5. The number of amides is 1. The Labute approximate surface area is 150 Å². The number of hydrogen-bond donors (Lipinski definition) is 1. The zero-order valence-electron chi connectivity index (χ0n) is 14.6. The van der Waals surface area contributed by atoms with E-state index >= 15 is 0 Å². The molecule has 0 saturated heterocycles. The topological polar surface area (TPSA) is 60.3 Å². The molecule has 0 aliphatic heterocycles. The number of fused-ring (bicyclic) bond motifs is 1. The van der Waals surface area contributed by atoms with Crippen molar-refractivity contribution in [2.45, 2.75) is 13.3 Å². The van der Waals surface area contributed by atoms with E-state index in [1.807, 2.05) is 24.3 Å². The molecule has 0 unspecified atom stereocenters. The van der Waals surface area contributed by atoms with Crippen molar-refractivity contribution in [2.24, 2.45) is 0 Å². The molecule has 6 heteroatoms. The van der Waals surface area contributed by atoms with Crippen LogP contribution in [0.25, 0.3) is 10.9 Å². The molecule has 5 nitrogen and oxygen atoms in total. The Morgan fingerprint density at radius 1 is 1.19 bits per heavy atom. The molecule has 3 aromatic rings. The van der Waals surface area contributed by atoms with Gasteiger partial charge in [0.15, 0.2) is 0 Å². The van der Waals surface area contributed by atoms with Gasteiger partial charge in [-0.3, -0.25) is 14.2 Å². The minimum Gasteiger partial charge on any atom is -0.497 e. The van der Waals surface area contributed by atoms with E-state index < -0.39 is 5.82 Å². The first-order valence-corrected chi connectivity index (χ1v) is 8.22. The molecule has 0 saturated carbocycles. The first-order valence-electron chi connectivity index (χ1n) is 8.22. The number of hydrogen-bond acceptors (Lipinski definition) is 3. The fraction of sp³-hybridized carbons (Fsp3) is 0.200. The van der Waals surface area contributed by atoms with Crippen LogP contribution in [0.5, 0.6) is 5.75 Å². The minimum absolute atomic E-state index is 0.281. The third-order valence-electron chi connectivity index (χ3n) is 4.18. The molecule has 1 heterocycles. The van der Waals surface area contributed by atoms with E-state index in [1.54, 1.807) is 7.11 Å². The summed E-state index contributed by atoms with van der Waals surface area (Å²) in [6.07, 6.45) is 2.09. The molecule has 0 bridgehead atoms. The lowest BCUT2D eigenvalue weighted by molar-refractivity contribution is 0.0941. The molecular weight excluding hydrogens is 335 g/mol. The van der Waals surface area contributed by atoms with E-state index in [-0.39, 0.29) is 11.8 Å². The zero-order valence-corrected chi connectivity index (χ0v) is 14.6. The third-order valence-corrected chi connectivity index (χ3v) is 4.18. The molecule has 0 aliphatic rings. The van der Waals surface area contributed by atoms with E-state index in [4.69, 9.17) is 4.74 Å². The second kappa shape index (κ2) is 7.39. The molecule has 0 radical (unpaired) electrons. The summed E-state index contributed by atoms with van der Waals surface area (Å²) in [5.74, 6) is -0.274. The highest BCUT2D eigenvalue weighted by molar-refractivity contribution is 6.09. The summed E-state index contributed by atoms with van der Waals surface area (Å²) in [5, 5.41) is 3.39. The van der Waals surface area contributed by atoms with Crippen LogP contribution in [0.3, 0.4) is 0 Å². The third kappa shape index (κ3) is 3.59. The average Bonchev–Trinajstić information content (AvgIpc) is 3.00. The second-order valence-corrected chi connectivity index (χ2v) is 5.95. The normalized spacial score (nSPS) is 10.7. The number of ether oxygens (including phenoxy) is 1. The predicted molar refractivity (Wildman–Crippen MR) is 97.2 cm³/mol. The van der Waals surface area contributed by atoms with Crippen LogP contribution in [0.15, 0.2) is 48.7 Å². The Morgan fingerprint density at radius 3 is 2.73 bits per heavy atom. The Bertz CT molecular complexity index is 978. The van der Waals surface area contributed by atoms with Gasteiger partial charge in [0.2, 0.25) is 5.91 Å². The van der Waals surface area contributed by atoms with Gasteiger partial charge in [-0.2, -0.15) is 0 Å². The van der Waals surface area contributed by atoms with E-state index in [1.165, 1.54) is 35.9 Å². The van der Waals surface area contributed by atoms with Crippen LogP contribution >= 0.6 is 0 Å². The minimum atomic E-state index is -0.455. The zero-order chi connectivity index (χ0) is 18.7. The molecule has 0 fully saturated rings. The van der Waals surface area contributed by atoms with E-state index in [0.717, 1.165) is 11.3 Å². The van der Waals surface area contributed by atoms with Crippen molar-refractivity contribution in [3.63, 3.8) is 0 Å². The molecule has 0 atom stereocenters. The monoisotopic (exact) mass is 354 g/mol. The smallest absolute Gasteiger partial charge is 0.253 e. The maximum atomic E-state index is 13.5. The van der Waals surface area contributed by atoms with Crippen molar-refractivity contribution in [1.29, 1.82) is 0 Å². The summed E-state index contributed by atoms with van der Waals surface area (Å²) < 4.78 is 20.0. The summed E-state index contributed by atoms with van der Waals surface area (Å²) in [4.78, 5) is 24.3. The van der Waals surface area contributed by atoms with Crippen LogP contribution < -0.4 is 10.1 Å². The van der Waals surface area contributed by atoms with Crippen molar-refractivity contribution < 1.29 is 18.7 Å². The highest BCUT2D eigenvalue weighted by atomic mass is 19.1. The highest BCUT2D eigenvalue weighted by Gasteiger charge is 2.17. The average molecular weight is 354 g/mol. The van der Waals surface area contributed by atoms with Crippen LogP contribution in [0.1, 0.15) is 27.6 Å². The van der Waals surface area contributed by atoms with Crippen molar-refractivity contribution in [3.8, 4) is 5.75 Å². The van der Waals surface area contributed by atoms with Crippen LogP contribution in [-0.4, -0.2) is 30.0 Å². The number of halogens is 1. The van der Waals surface area contributed by atoms with Crippen molar-refractivity contribution in [3.05, 3.63) is 65.6 Å². The lowest BCUT2D eigenvalue weighted by Crippen LogP contribution is -2.25. The lowest BCUT2D eigenvalue weighted by atomic mass is 10.1. The van der Waals surface area contributed by atoms with Crippen LogP contribution in [-0.2, 0) is 6.42 Å². The quantitative estimate of drug-likeness (QED) is 0.764. The molecule has 26 heavy (non-hydrogen) atoms. The van der Waals surface area contributed by atoms with Gasteiger partial charge in [0.1, 0.15) is 11.6 Å². The Kier molecular flexibility index (Phi) is 5.02. The molecule has 1 amide bonds. The van der Waals surface area contributed by atoms with E-state index in [0.29, 0.717) is 29.4 Å². The molecule has 3 rings (SSSR count). The van der Waals surface area contributed by atoms with Gasteiger partial charge in [0, 0.05) is 25.1 Å². The molecule has 1 aromatic heterocycles. The highest BCUT2D eigenvalue weighted by Crippen LogP contribution is 2.22. The van der Waals surface area contributed by atoms with Crippen LogP contribution in [0.4, 0.5) is 4.39 Å². The van der Waals surface area contributed by atoms with E-state index in [9.17, 15) is 14.0 Å². The maximum absolute atomic E-state index is 13.5. The number of aromatic nitrogens is 1. The summed E-state index contributed by atoms with van der Waals surface area (Å²) in [6, 6.07) is 11.7. The number of carbonyl (C=O) groups is 2. The largest absolute Gasteiger partial charge is 0.497 e. The fourth-order valence-corrected chi connectivity index (χ4v) is 2.89. The Balaban J connectivity index is 1.76. The van der Waals surface area contributed by atoms with Crippen molar-refractivity contribution >= 4 is 22.7 Å². The number of nitrogens with one attached hydrogen (secondary N) is 1. The molecule has 0 spiro atoms. The fourth-order valence-electron chi connectivity index (χ4n) is 2.89. The van der Waals surface area contributed by atoms with Gasteiger partial charge in [0.05, 0.1) is 18.2 Å². The van der Waals surface area contributed by atoms with Crippen LogP contribution in [0.2, 0.25) is 0 Å². The van der Waals surface area contributed by atoms with Gasteiger partial charge in [0.25, 0.3) is 5.91 Å². The number of carbonyl (C=O) groups excluding carboxylic acids is 2. The summed E-state index contributed by atoms with van der Waals surface area (Å²) >= 11 is 0. The van der Waals surface area contributed by atoms with Crippen LogP contribution in [0, 0.1) is 5.82 Å². The SMILES string of the molecule is COc1cccc(CCNC(=O)c2cn(C(C)=O)c3cc(F)ccc23)c1. The summed E-state index contributed by atoms with van der Waals surface area (Å²) in [5.41, 5.74) is 1.77. The van der Waals surface area contributed by atoms with Crippen molar-refractivity contribution in [2.75, 3.05) is 13.7 Å². The molecule has 1 N–H and O–H groups in total. The second-order valence-electron chi connectivity index (χ2n) is 5.95. The Hall–Kier alpha value is -3.15.